The number of nitrogens with two attached hydrogens (primary N) is 1. The lowest BCUT2D eigenvalue weighted by Crippen LogP contribution is -2.35. The van der Waals surface area contributed by atoms with Gasteiger partial charge in [0.2, 0.25) is 5.95 Å². The summed E-state index contributed by atoms with van der Waals surface area (Å²) in [6.07, 6.45) is 2.33. The van der Waals surface area contributed by atoms with Crippen molar-refractivity contribution in [2.45, 2.75) is 19.8 Å². The minimum Gasteiger partial charge on any atom is -0.368 e. The van der Waals surface area contributed by atoms with E-state index in [1.165, 1.54) is 18.6 Å². The van der Waals surface area contributed by atoms with Crippen molar-refractivity contribution in [1.82, 2.24) is 9.97 Å². The van der Waals surface area contributed by atoms with E-state index >= 15 is 0 Å². The predicted molar refractivity (Wildman–Crippen MR) is 87.2 cm³/mol. The SMILES string of the molecule is CC1CCCN(c2cc(-c3ccc(C#N)c(F)c3)nc(N)n2)C1. The van der Waals surface area contributed by atoms with E-state index in [-0.39, 0.29) is 11.5 Å². The second kappa shape index (κ2) is 6.21. The van der Waals surface area contributed by atoms with E-state index in [9.17, 15) is 4.39 Å². The molecule has 2 aromatic rings. The third kappa shape index (κ3) is 3.24. The summed E-state index contributed by atoms with van der Waals surface area (Å²) in [5, 5.41) is 8.82. The van der Waals surface area contributed by atoms with Gasteiger partial charge in [0.15, 0.2) is 0 Å². The Morgan fingerprint density at radius 1 is 1.35 bits per heavy atom. The van der Waals surface area contributed by atoms with Gasteiger partial charge in [-0.25, -0.2) is 9.37 Å². The van der Waals surface area contributed by atoms with E-state index in [0.717, 1.165) is 25.3 Å². The maximum absolute atomic E-state index is 13.8. The van der Waals surface area contributed by atoms with Crippen molar-refractivity contribution >= 4 is 11.8 Å². The van der Waals surface area contributed by atoms with E-state index < -0.39 is 5.82 Å². The van der Waals surface area contributed by atoms with Crippen LogP contribution in [0, 0.1) is 23.1 Å². The summed E-state index contributed by atoms with van der Waals surface area (Å²) in [5.74, 6) is 0.982. The summed E-state index contributed by atoms with van der Waals surface area (Å²) in [7, 11) is 0. The molecule has 0 saturated carbocycles. The summed E-state index contributed by atoms with van der Waals surface area (Å²) in [4.78, 5) is 10.7. The average molecular weight is 311 g/mol. The number of anilines is 2. The maximum atomic E-state index is 13.8. The third-order valence-corrected chi connectivity index (χ3v) is 4.10. The Labute approximate surface area is 134 Å². The highest BCUT2D eigenvalue weighted by molar-refractivity contribution is 5.65. The molecular formula is C17H18FN5. The van der Waals surface area contributed by atoms with Gasteiger partial charge < -0.3 is 10.6 Å². The highest BCUT2D eigenvalue weighted by Crippen LogP contribution is 2.27. The van der Waals surface area contributed by atoms with Gasteiger partial charge in [0, 0.05) is 24.7 Å². The molecule has 0 radical (unpaired) electrons. The number of piperidine rings is 1. The fraction of sp³-hybridized carbons (Fsp3) is 0.353. The van der Waals surface area contributed by atoms with Crippen molar-refractivity contribution in [3.05, 3.63) is 35.6 Å². The Bertz CT molecular complexity index is 768. The van der Waals surface area contributed by atoms with Crippen LogP contribution < -0.4 is 10.6 Å². The number of nitrogen functional groups attached to an aromatic ring is 1. The van der Waals surface area contributed by atoms with Crippen LogP contribution in [-0.2, 0) is 0 Å². The van der Waals surface area contributed by atoms with Crippen molar-refractivity contribution < 1.29 is 4.39 Å². The van der Waals surface area contributed by atoms with Gasteiger partial charge in [-0.05, 0) is 30.9 Å². The molecule has 2 heterocycles. The van der Waals surface area contributed by atoms with E-state index in [2.05, 4.69) is 21.8 Å². The molecule has 0 spiro atoms. The van der Waals surface area contributed by atoms with E-state index in [1.807, 2.05) is 12.1 Å². The first-order valence-electron chi connectivity index (χ1n) is 7.66. The number of benzene rings is 1. The van der Waals surface area contributed by atoms with Gasteiger partial charge in [-0.2, -0.15) is 10.2 Å². The quantitative estimate of drug-likeness (QED) is 0.922. The minimum absolute atomic E-state index is 0.0147. The van der Waals surface area contributed by atoms with Crippen molar-refractivity contribution in [3.63, 3.8) is 0 Å². The molecule has 23 heavy (non-hydrogen) atoms. The summed E-state index contributed by atoms with van der Waals surface area (Å²) in [6.45, 7) is 4.08. The highest BCUT2D eigenvalue weighted by atomic mass is 19.1. The number of hydrogen-bond donors (Lipinski definition) is 1. The smallest absolute Gasteiger partial charge is 0.222 e. The lowest BCUT2D eigenvalue weighted by Gasteiger charge is -2.32. The third-order valence-electron chi connectivity index (χ3n) is 4.10. The standard InChI is InChI=1S/C17H18FN5/c1-11-3-2-6-23(10-11)16-8-15(21-17(20)22-16)12-4-5-13(9-19)14(18)7-12/h4-5,7-8,11H,2-3,6,10H2,1H3,(H2,20,21,22). The zero-order valence-corrected chi connectivity index (χ0v) is 13.0. The number of aromatic nitrogens is 2. The summed E-state index contributed by atoms with van der Waals surface area (Å²) in [6, 6.07) is 8.07. The molecule has 1 aromatic heterocycles. The van der Waals surface area contributed by atoms with Gasteiger partial charge >= 0.3 is 0 Å². The number of nitrogens with zero attached hydrogens (tertiary/aromatic N) is 4. The van der Waals surface area contributed by atoms with Crippen LogP contribution in [0.4, 0.5) is 16.2 Å². The van der Waals surface area contributed by atoms with Crippen LogP contribution in [-0.4, -0.2) is 23.1 Å². The minimum atomic E-state index is -0.560. The predicted octanol–water partition coefficient (Wildman–Crippen LogP) is 2.97. The molecule has 1 unspecified atom stereocenters. The molecule has 0 amide bonds. The molecule has 1 atom stereocenters. The molecule has 5 nitrogen and oxygen atoms in total. The van der Waals surface area contributed by atoms with Crippen LogP contribution in [0.25, 0.3) is 11.3 Å². The molecular weight excluding hydrogens is 293 g/mol. The zero-order valence-electron chi connectivity index (χ0n) is 13.0. The first-order valence-corrected chi connectivity index (χ1v) is 7.66. The van der Waals surface area contributed by atoms with E-state index in [0.29, 0.717) is 17.2 Å². The molecule has 1 saturated heterocycles. The van der Waals surface area contributed by atoms with Crippen molar-refractivity contribution in [2.75, 3.05) is 23.7 Å². The van der Waals surface area contributed by atoms with Crippen molar-refractivity contribution in [2.24, 2.45) is 5.92 Å². The molecule has 6 heteroatoms. The van der Waals surface area contributed by atoms with Gasteiger partial charge in [-0.15, -0.1) is 0 Å². The monoisotopic (exact) mass is 311 g/mol. The zero-order chi connectivity index (χ0) is 16.4. The number of nitriles is 1. The Kier molecular flexibility index (Phi) is 4.11. The highest BCUT2D eigenvalue weighted by Gasteiger charge is 2.19. The molecule has 118 valence electrons. The van der Waals surface area contributed by atoms with E-state index in [1.54, 1.807) is 6.07 Å². The average Bonchev–Trinajstić information content (AvgIpc) is 2.54. The molecule has 0 aliphatic carbocycles. The first-order chi connectivity index (χ1) is 11.1. The molecule has 1 aliphatic heterocycles. The topological polar surface area (TPSA) is 78.8 Å². The molecule has 2 N–H and O–H groups in total. The van der Waals surface area contributed by atoms with Gasteiger partial charge in [0.25, 0.3) is 0 Å². The van der Waals surface area contributed by atoms with Gasteiger partial charge in [0.1, 0.15) is 17.7 Å². The fourth-order valence-electron chi connectivity index (χ4n) is 2.93. The summed E-state index contributed by atoms with van der Waals surface area (Å²) in [5.41, 5.74) is 7.00. The maximum Gasteiger partial charge on any atom is 0.222 e. The Hall–Kier alpha value is -2.68. The van der Waals surface area contributed by atoms with Gasteiger partial charge in [-0.1, -0.05) is 13.0 Å². The fourth-order valence-corrected chi connectivity index (χ4v) is 2.93. The van der Waals surface area contributed by atoms with Crippen LogP contribution in [0.5, 0.6) is 0 Å². The van der Waals surface area contributed by atoms with Crippen LogP contribution >= 0.6 is 0 Å². The molecule has 1 aliphatic rings. The number of rotatable bonds is 2. The lowest BCUT2D eigenvalue weighted by molar-refractivity contribution is 0.444. The molecule has 1 fully saturated rings. The second-order valence-electron chi connectivity index (χ2n) is 5.97. The largest absolute Gasteiger partial charge is 0.368 e. The number of halogens is 1. The van der Waals surface area contributed by atoms with Crippen molar-refractivity contribution in [3.8, 4) is 17.3 Å². The Morgan fingerprint density at radius 2 is 2.17 bits per heavy atom. The van der Waals surface area contributed by atoms with Crippen LogP contribution in [0.1, 0.15) is 25.3 Å². The van der Waals surface area contributed by atoms with Crippen LogP contribution in [0.3, 0.4) is 0 Å². The van der Waals surface area contributed by atoms with Crippen LogP contribution in [0.2, 0.25) is 0 Å². The van der Waals surface area contributed by atoms with Crippen LogP contribution in [0.15, 0.2) is 24.3 Å². The molecule has 0 bridgehead atoms. The molecule has 1 aromatic carbocycles. The summed E-state index contributed by atoms with van der Waals surface area (Å²) < 4.78 is 13.8. The van der Waals surface area contributed by atoms with Gasteiger partial charge in [0.05, 0.1) is 11.3 Å². The van der Waals surface area contributed by atoms with Crippen molar-refractivity contribution in [1.29, 1.82) is 5.26 Å². The lowest BCUT2D eigenvalue weighted by atomic mass is 10.0. The first kappa shape index (κ1) is 15.2. The Morgan fingerprint density at radius 3 is 2.87 bits per heavy atom. The number of hydrogen-bond acceptors (Lipinski definition) is 5. The normalized spacial score (nSPS) is 17.8. The van der Waals surface area contributed by atoms with E-state index in [4.69, 9.17) is 11.0 Å². The van der Waals surface area contributed by atoms with Gasteiger partial charge in [-0.3, -0.25) is 0 Å². The second-order valence-corrected chi connectivity index (χ2v) is 5.97. The molecule has 3 rings (SSSR count). The Balaban J connectivity index is 1.97. The summed E-state index contributed by atoms with van der Waals surface area (Å²) >= 11 is 0.